The highest BCUT2D eigenvalue weighted by molar-refractivity contribution is 5.00. The minimum absolute atomic E-state index is 0.495. The predicted molar refractivity (Wildman–Crippen MR) is 37.1 cm³/mol. The third-order valence-electron chi connectivity index (χ3n) is 2.91. The number of likely N-dealkylation sites (tertiary alicyclic amines) is 1. The van der Waals surface area contributed by atoms with E-state index in [9.17, 15) is 0 Å². The van der Waals surface area contributed by atoms with Crippen molar-refractivity contribution in [3.63, 3.8) is 0 Å². The van der Waals surface area contributed by atoms with Gasteiger partial charge in [0.2, 0.25) is 0 Å². The van der Waals surface area contributed by atoms with Gasteiger partial charge < -0.3 is 10.6 Å². The molecule has 1 aliphatic heterocycles. The number of piperidine rings is 1. The Morgan fingerprint density at radius 3 is 2.44 bits per heavy atom. The van der Waals surface area contributed by atoms with Crippen molar-refractivity contribution in [3.8, 4) is 0 Å². The molecule has 2 N–H and O–H groups in total. The van der Waals surface area contributed by atoms with E-state index >= 15 is 0 Å². The standard InChI is InChI=1S/C7H14N2/c1-9-4-5-2-3-6(9)7(5)8/h5-7H,2-4,8H2,1H3/t5?,6?,7-/m0/s1. The number of rotatable bonds is 0. The topological polar surface area (TPSA) is 29.3 Å². The van der Waals surface area contributed by atoms with E-state index in [2.05, 4.69) is 11.9 Å². The Hall–Kier alpha value is -0.0800. The summed E-state index contributed by atoms with van der Waals surface area (Å²) in [4.78, 5) is 2.40. The van der Waals surface area contributed by atoms with Gasteiger partial charge >= 0.3 is 0 Å². The Bertz CT molecular complexity index is 124. The van der Waals surface area contributed by atoms with Gasteiger partial charge in [0.15, 0.2) is 0 Å². The van der Waals surface area contributed by atoms with Crippen molar-refractivity contribution >= 4 is 0 Å². The molecule has 2 fully saturated rings. The Labute approximate surface area is 56.0 Å². The second kappa shape index (κ2) is 1.70. The highest BCUT2D eigenvalue weighted by atomic mass is 15.2. The van der Waals surface area contributed by atoms with E-state index in [1.807, 2.05) is 0 Å². The molecular weight excluding hydrogens is 112 g/mol. The third kappa shape index (κ3) is 0.634. The lowest BCUT2D eigenvalue weighted by molar-refractivity contribution is 0.259. The highest BCUT2D eigenvalue weighted by Crippen LogP contribution is 2.35. The number of nitrogens with two attached hydrogens (primary N) is 1. The lowest BCUT2D eigenvalue weighted by Gasteiger charge is -2.21. The smallest absolute Gasteiger partial charge is 0.0247 e. The quantitative estimate of drug-likeness (QED) is 0.496. The van der Waals surface area contributed by atoms with Crippen LogP contribution in [0.3, 0.4) is 0 Å². The minimum atomic E-state index is 0.495. The Kier molecular flexibility index (Phi) is 1.08. The van der Waals surface area contributed by atoms with E-state index in [0.29, 0.717) is 6.04 Å². The van der Waals surface area contributed by atoms with Crippen LogP contribution in [0.4, 0.5) is 0 Å². The molecule has 0 amide bonds. The summed E-state index contributed by atoms with van der Waals surface area (Å²) in [7, 11) is 2.18. The zero-order chi connectivity index (χ0) is 6.43. The van der Waals surface area contributed by atoms with Crippen LogP contribution < -0.4 is 5.73 Å². The molecule has 1 aliphatic carbocycles. The predicted octanol–water partition coefficient (Wildman–Crippen LogP) is 0.0377. The van der Waals surface area contributed by atoms with Crippen LogP contribution in [0.1, 0.15) is 12.8 Å². The van der Waals surface area contributed by atoms with E-state index in [1.165, 1.54) is 19.4 Å². The normalized spacial score (nSPS) is 50.7. The van der Waals surface area contributed by atoms with Gasteiger partial charge in [0.1, 0.15) is 0 Å². The van der Waals surface area contributed by atoms with Crippen molar-refractivity contribution in [1.29, 1.82) is 0 Å². The van der Waals surface area contributed by atoms with E-state index in [0.717, 1.165) is 12.0 Å². The fraction of sp³-hybridized carbons (Fsp3) is 1.00. The Balaban J connectivity index is 2.16. The molecule has 52 valence electrons. The second-order valence-electron chi connectivity index (χ2n) is 3.42. The van der Waals surface area contributed by atoms with Crippen molar-refractivity contribution < 1.29 is 0 Å². The highest BCUT2D eigenvalue weighted by Gasteiger charge is 2.42. The van der Waals surface area contributed by atoms with Gasteiger partial charge in [-0.05, 0) is 25.8 Å². The first-order valence-electron chi connectivity index (χ1n) is 3.75. The first-order chi connectivity index (χ1) is 4.29. The van der Waals surface area contributed by atoms with Crippen LogP contribution in [0.15, 0.2) is 0 Å². The molecule has 0 spiro atoms. The van der Waals surface area contributed by atoms with Crippen molar-refractivity contribution in [2.45, 2.75) is 24.9 Å². The zero-order valence-corrected chi connectivity index (χ0v) is 5.88. The summed E-state index contributed by atoms with van der Waals surface area (Å²) >= 11 is 0. The molecule has 0 aromatic carbocycles. The maximum absolute atomic E-state index is 5.93. The van der Waals surface area contributed by atoms with E-state index < -0.39 is 0 Å². The summed E-state index contributed by atoms with van der Waals surface area (Å²) in [5.74, 6) is 0.819. The van der Waals surface area contributed by atoms with Gasteiger partial charge in [0, 0.05) is 18.6 Å². The summed E-state index contributed by atoms with van der Waals surface area (Å²) < 4.78 is 0. The number of nitrogens with zero attached hydrogens (tertiary/aromatic N) is 1. The molecule has 3 atom stereocenters. The molecule has 0 aromatic heterocycles. The molecule has 0 aromatic rings. The maximum atomic E-state index is 5.93. The molecule has 1 heterocycles. The number of hydrogen-bond acceptors (Lipinski definition) is 2. The average molecular weight is 126 g/mol. The van der Waals surface area contributed by atoms with Gasteiger partial charge in [-0.25, -0.2) is 0 Å². The van der Waals surface area contributed by atoms with Crippen LogP contribution in [-0.4, -0.2) is 30.6 Å². The fourth-order valence-corrected chi connectivity index (χ4v) is 2.32. The average Bonchev–Trinajstić information content (AvgIpc) is 2.25. The first-order valence-corrected chi connectivity index (χ1v) is 3.75. The molecule has 2 heteroatoms. The summed E-state index contributed by atoms with van der Waals surface area (Å²) in [5.41, 5.74) is 5.93. The van der Waals surface area contributed by atoms with Gasteiger partial charge in [-0.2, -0.15) is 0 Å². The molecule has 9 heavy (non-hydrogen) atoms. The van der Waals surface area contributed by atoms with E-state index in [1.54, 1.807) is 0 Å². The third-order valence-corrected chi connectivity index (χ3v) is 2.91. The lowest BCUT2D eigenvalue weighted by Crippen LogP contribution is -2.34. The van der Waals surface area contributed by atoms with Crippen LogP contribution >= 0.6 is 0 Å². The van der Waals surface area contributed by atoms with Gasteiger partial charge in [-0.1, -0.05) is 0 Å². The lowest BCUT2D eigenvalue weighted by atomic mass is 10.1. The van der Waals surface area contributed by atoms with Crippen LogP contribution in [0.2, 0.25) is 0 Å². The number of fused-ring (bicyclic) bond motifs is 2. The Morgan fingerprint density at radius 1 is 1.44 bits per heavy atom. The van der Waals surface area contributed by atoms with Crippen molar-refractivity contribution in [2.24, 2.45) is 11.7 Å². The monoisotopic (exact) mass is 126 g/mol. The van der Waals surface area contributed by atoms with Gasteiger partial charge in [-0.3, -0.25) is 0 Å². The van der Waals surface area contributed by atoms with Crippen molar-refractivity contribution in [3.05, 3.63) is 0 Å². The number of likely N-dealkylation sites (N-methyl/N-ethyl adjacent to an activating group) is 1. The minimum Gasteiger partial charge on any atom is -0.326 e. The zero-order valence-electron chi connectivity index (χ0n) is 5.88. The largest absolute Gasteiger partial charge is 0.326 e. The van der Waals surface area contributed by atoms with Crippen molar-refractivity contribution in [1.82, 2.24) is 4.90 Å². The van der Waals surface area contributed by atoms with E-state index in [-0.39, 0.29) is 0 Å². The molecule has 2 unspecified atom stereocenters. The summed E-state index contributed by atoms with van der Waals surface area (Å²) in [6.07, 6.45) is 2.71. The summed E-state index contributed by atoms with van der Waals surface area (Å²) in [6.45, 7) is 1.24. The van der Waals surface area contributed by atoms with E-state index in [4.69, 9.17) is 5.73 Å². The molecule has 0 radical (unpaired) electrons. The number of hydrogen-bond donors (Lipinski definition) is 1. The molecule has 2 bridgehead atoms. The fourth-order valence-electron chi connectivity index (χ4n) is 2.32. The summed E-state index contributed by atoms with van der Waals surface area (Å²) in [5, 5.41) is 0. The molecular formula is C7H14N2. The van der Waals surface area contributed by atoms with Crippen LogP contribution in [0, 0.1) is 5.92 Å². The SMILES string of the molecule is CN1CC2CCC1[C@H]2N. The van der Waals surface area contributed by atoms with Crippen LogP contribution in [0.25, 0.3) is 0 Å². The van der Waals surface area contributed by atoms with Gasteiger partial charge in [0.05, 0.1) is 0 Å². The van der Waals surface area contributed by atoms with Gasteiger partial charge in [-0.15, -0.1) is 0 Å². The van der Waals surface area contributed by atoms with Gasteiger partial charge in [0.25, 0.3) is 0 Å². The second-order valence-corrected chi connectivity index (χ2v) is 3.42. The molecule has 2 aliphatic rings. The van der Waals surface area contributed by atoms with Crippen LogP contribution in [-0.2, 0) is 0 Å². The first kappa shape index (κ1) is 5.69. The Morgan fingerprint density at radius 2 is 2.22 bits per heavy atom. The maximum Gasteiger partial charge on any atom is 0.0247 e. The molecule has 2 rings (SSSR count). The van der Waals surface area contributed by atoms with Crippen LogP contribution in [0.5, 0.6) is 0 Å². The molecule has 1 saturated heterocycles. The molecule has 1 saturated carbocycles. The summed E-state index contributed by atoms with van der Waals surface area (Å²) in [6, 6.07) is 1.21. The van der Waals surface area contributed by atoms with Crippen molar-refractivity contribution in [2.75, 3.05) is 13.6 Å². The molecule has 2 nitrogen and oxygen atoms in total.